The van der Waals surface area contributed by atoms with E-state index in [2.05, 4.69) is 10.0 Å². The van der Waals surface area contributed by atoms with E-state index in [9.17, 15) is 17.6 Å². The average Bonchev–Trinajstić information content (AvgIpc) is 3.57. The molecule has 1 aliphatic carbocycles. The zero-order chi connectivity index (χ0) is 24.9. The van der Waals surface area contributed by atoms with Gasteiger partial charge in [0.15, 0.2) is 0 Å². The number of halogens is 1. The van der Waals surface area contributed by atoms with E-state index in [-0.39, 0.29) is 23.7 Å². The third-order valence-corrected chi connectivity index (χ3v) is 7.50. The summed E-state index contributed by atoms with van der Waals surface area (Å²) in [6.07, 6.45) is 2.19. The molecule has 11 heteroatoms. The predicted octanol–water partition coefficient (Wildman–Crippen LogP) is 4.78. The van der Waals surface area contributed by atoms with Crippen LogP contribution in [0.15, 0.2) is 47.4 Å². The van der Waals surface area contributed by atoms with Crippen molar-refractivity contribution in [2.45, 2.75) is 49.4 Å². The smallest absolute Gasteiger partial charge is 0.412 e. The molecule has 1 saturated carbocycles. The van der Waals surface area contributed by atoms with Gasteiger partial charge in [0.1, 0.15) is 23.8 Å². The van der Waals surface area contributed by atoms with E-state index >= 15 is 0 Å². The van der Waals surface area contributed by atoms with Crippen molar-refractivity contribution in [1.82, 2.24) is 4.72 Å². The normalized spacial score (nSPS) is 15.4. The van der Waals surface area contributed by atoms with Crippen molar-refractivity contribution in [3.05, 3.63) is 48.3 Å². The second-order valence-corrected chi connectivity index (χ2v) is 11.9. The number of anilines is 2. The summed E-state index contributed by atoms with van der Waals surface area (Å²) in [5.41, 5.74) is -0.0266. The number of ether oxygens (including phenoxy) is 2. The van der Waals surface area contributed by atoms with Gasteiger partial charge in [-0.2, -0.15) is 0 Å². The van der Waals surface area contributed by atoms with Gasteiger partial charge in [-0.05, 0) is 83.1 Å². The molecule has 2 aliphatic rings. The van der Waals surface area contributed by atoms with Crippen LogP contribution in [0.4, 0.5) is 20.6 Å². The maximum absolute atomic E-state index is 13.2. The molecule has 186 valence electrons. The summed E-state index contributed by atoms with van der Waals surface area (Å²) in [4.78, 5) is 12.0. The third kappa shape index (κ3) is 7.25. The summed E-state index contributed by atoms with van der Waals surface area (Å²) >= 11 is 1.85. The van der Waals surface area contributed by atoms with Crippen molar-refractivity contribution in [3.63, 3.8) is 0 Å². The molecule has 0 radical (unpaired) electrons. The molecule has 0 unspecified atom stereocenters. The molecule has 1 fully saturated rings. The Kier molecular flexibility index (Phi) is 8.32. The number of rotatable bonds is 5. The van der Waals surface area contributed by atoms with Crippen molar-refractivity contribution >= 4 is 39.4 Å². The molecule has 1 aliphatic heterocycles. The minimum atomic E-state index is -3.92. The lowest BCUT2D eigenvalue weighted by Gasteiger charge is -2.31. The number of amides is 1. The van der Waals surface area contributed by atoms with E-state index in [4.69, 9.17) is 9.47 Å². The van der Waals surface area contributed by atoms with E-state index in [0.717, 1.165) is 17.4 Å². The number of nitrogens with one attached hydrogen (secondary N) is 2. The van der Waals surface area contributed by atoms with Gasteiger partial charge < -0.3 is 9.47 Å². The Balaban J connectivity index is 0.000000469. The number of carbonyl (C=O) groups excluding carboxylic acids is 1. The van der Waals surface area contributed by atoms with Gasteiger partial charge in [-0.1, -0.05) is 11.9 Å². The highest BCUT2D eigenvalue weighted by molar-refractivity contribution is 7.98. The second-order valence-electron chi connectivity index (χ2n) is 8.71. The van der Waals surface area contributed by atoms with E-state index < -0.39 is 27.5 Å². The molecule has 1 heterocycles. The summed E-state index contributed by atoms with van der Waals surface area (Å²) in [6.45, 7) is 5.48. The zero-order valence-electron chi connectivity index (χ0n) is 19.6. The van der Waals surface area contributed by atoms with Gasteiger partial charge in [-0.15, -0.1) is 0 Å². The first-order chi connectivity index (χ1) is 16.0. The zero-order valence-corrected chi connectivity index (χ0v) is 21.3. The van der Waals surface area contributed by atoms with Crippen molar-refractivity contribution in [3.8, 4) is 5.75 Å². The van der Waals surface area contributed by atoms with Crippen LogP contribution in [0.25, 0.3) is 0 Å². The van der Waals surface area contributed by atoms with Crippen molar-refractivity contribution in [1.29, 1.82) is 0 Å². The fraction of sp³-hybridized carbons (Fsp3) is 0.435. The Morgan fingerprint density at radius 2 is 1.85 bits per heavy atom. The minimum Gasteiger partial charge on any atom is -0.489 e. The van der Waals surface area contributed by atoms with Crippen LogP contribution in [0.1, 0.15) is 33.6 Å². The molecule has 2 aromatic rings. The SMILES string of the molecule is CC(C)(C)OC(=O)Nc1ccc2c(c1)N(S(=O)(=O)c1ccc(F)cc1)CCO2.CNSC1CC1. The number of carbonyl (C=O) groups is 1. The lowest BCUT2D eigenvalue weighted by atomic mass is 10.2. The monoisotopic (exact) mass is 511 g/mol. The van der Waals surface area contributed by atoms with Gasteiger partial charge >= 0.3 is 6.09 Å². The first-order valence-electron chi connectivity index (χ1n) is 10.9. The fourth-order valence-corrected chi connectivity index (χ4v) is 5.18. The van der Waals surface area contributed by atoms with Crippen LogP contribution in [0.3, 0.4) is 0 Å². The molecule has 34 heavy (non-hydrogen) atoms. The van der Waals surface area contributed by atoms with Crippen LogP contribution in [0.2, 0.25) is 0 Å². The number of hydrogen-bond acceptors (Lipinski definition) is 7. The van der Waals surface area contributed by atoms with E-state index in [1.54, 1.807) is 32.9 Å². The van der Waals surface area contributed by atoms with E-state index in [1.165, 1.54) is 35.3 Å². The van der Waals surface area contributed by atoms with Gasteiger partial charge in [0.25, 0.3) is 10.0 Å². The van der Waals surface area contributed by atoms with E-state index in [1.807, 2.05) is 19.0 Å². The third-order valence-electron chi connectivity index (χ3n) is 4.64. The summed E-state index contributed by atoms with van der Waals surface area (Å²) in [5.74, 6) is -0.156. The van der Waals surface area contributed by atoms with Crippen LogP contribution in [0.5, 0.6) is 5.75 Å². The Bertz CT molecular complexity index is 1100. The quantitative estimate of drug-likeness (QED) is 0.558. The van der Waals surface area contributed by atoms with Crippen LogP contribution in [0, 0.1) is 5.82 Å². The van der Waals surface area contributed by atoms with Crippen LogP contribution in [-0.2, 0) is 14.8 Å². The van der Waals surface area contributed by atoms with E-state index in [0.29, 0.717) is 11.4 Å². The molecule has 0 atom stereocenters. The Morgan fingerprint density at radius 3 is 2.41 bits per heavy atom. The summed E-state index contributed by atoms with van der Waals surface area (Å²) < 4.78 is 54.2. The van der Waals surface area contributed by atoms with Gasteiger partial charge in [0.05, 0.1) is 17.1 Å². The highest BCUT2D eigenvalue weighted by Crippen LogP contribution is 2.37. The van der Waals surface area contributed by atoms with Crippen LogP contribution >= 0.6 is 11.9 Å². The molecule has 4 rings (SSSR count). The molecule has 0 saturated heterocycles. The second kappa shape index (κ2) is 10.8. The molecule has 2 aromatic carbocycles. The average molecular weight is 512 g/mol. The molecule has 8 nitrogen and oxygen atoms in total. The molecule has 2 N–H and O–H groups in total. The number of fused-ring (bicyclic) bond motifs is 1. The lowest BCUT2D eigenvalue weighted by Crippen LogP contribution is -2.38. The van der Waals surface area contributed by atoms with Crippen molar-refractivity contribution < 1.29 is 27.1 Å². The Morgan fingerprint density at radius 1 is 1.18 bits per heavy atom. The highest BCUT2D eigenvalue weighted by Gasteiger charge is 2.30. The Hall–Kier alpha value is -2.50. The molecule has 0 spiro atoms. The van der Waals surface area contributed by atoms with Crippen LogP contribution in [-0.4, -0.2) is 45.6 Å². The van der Waals surface area contributed by atoms with Gasteiger partial charge in [0, 0.05) is 10.9 Å². The van der Waals surface area contributed by atoms with Gasteiger partial charge in [-0.25, -0.2) is 17.6 Å². The first-order valence-corrected chi connectivity index (χ1v) is 13.2. The highest BCUT2D eigenvalue weighted by atomic mass is 32.2. The maximum atomic E-state index is 13.2. The molecule has 0 bridgehead atoms. The summed E-state index contributed by atoms with van der Waals surface area (Å²) in [5, 5.41) is 3.53. The molecular formula is C23H30FN3O5S2. The van der Waals surface area contributed by atoms with Gasteiger partial charge in [0.2, 0.25) is 0 Å². The predicted molar refractivity (Wildman–Crippen MR) is 132 cm³/mol. The first kappa shape index (κ1) is 26.1. The Labute approximate surface area is 204 Å². The van der Waals surface area contributed by atoms with Crippen molar-refractivity contribution in [2.75, 3.05) is 29.8 Å². The number of hydrogen-bond donors (Lipinski definition) is 2. The van der Waals surface area contributed by atoms with Crippen LogP contribution < -0.4 is 19.1 Å². The summed E-state index contributed by atoms with van der Waals surface area (Å²) in [6, 6.07) is 9.28. The fourth-order valence-electron chi connectivity index (χ4n) is 3.03. The lowest BCUT2D eigenvalue weighted by molar-refractivity contribution is 0.0636. The largest absolute Gasteiger partial charge is 0.489 e. The minimum absolute atomic E-state index is 0.0349. The standard InChI is InChI=1S/C19H21FN2O5S.C4H9NS/c1-19(2,3)27-18(23)21-14-6-9-17-16(12-14)22(10-11-26-17)28(24,25)15-7-4-13(20)5-8-15;1-5-6-4-2-3-4/h4-9,12H,10-11H2,1-3H3,(H,21,23);4-5H,2-3H2,1H3. The number of benzene rings is 2. The topological polar surface area (TPSA) is 97.0 Å². The summed E-state index contributed by atoms with van der Waals surface area (Å²) in [7, 11) is -1.95. The molecule has 1 amide bonds. The van der Waals surface area contributed by atoms with Crippen molar-refractivity contribution in [2.24, 2.45) is 0 Å². The number of nitrogens with zero attached hydrogens (tertiary/aromatic N) is 1. The molecular weight excluding hydrogens is 481 g/mol. The number of sulfonamides is 1. The molecule has 0 aromatic heterocycles. The van der Waals surface area contributed by atoms with Gasteiger partial charge in [-0.3, -0.25) is 14.3 Å². The maximum Gasteiger partial charge on any atom is 0.412 e.